The van der Waals surface area contributed by atoms with Crippen molar-refractivity contribution in [1.82, 2.24) is 9.55 Å². The van der Waals surface area contributed by atoms with Crippen molar-refractivity contribution in [3.63, 3.8) is 0 Å². The van der Waals surface area contributed by atoms with Gasteiger partial charge in [0.2, 0.25) is 0 Å². The lowest BCUT2D eigenvalue weighted by molar-refractivity contribution is -0.137. The number of nitrogens with zero attached hydrogens (tertiary/aromatic N) is 3. The van der Waals surface area contributed by atoms with Crippen LogP contribution in [0.1, 0.15) is 29.2 Å². The molecular formula is C20H15ClF3N3. The van der Waals surface area contributed by atoms with Gasteiger partial charge < -0.3 is 4.57 Å². The first-order valence-electron chi connectivity index (χ1n) is 8.08. The van der Waals surface area contributed by atoms with Crippen molar-refractivity contribution in [3.8, 4) is 6.07 Å². The Kier molecular flexibility index (Phi) is 4.99. The summed E-state index contributed by atoms with van der Waals surface area (Å²) in [6, 6.07) is 7.66. The Hall–Kier alpha value is -2.78. The maximum Gasteiger partial charge on any atom is 0.416 e. The number of pyridine rings is 1. The van der Waals surface area contributed by atoms with Crippen LogP contribution in [-0.4, -0.2) is 9.55 Å². The minimum Gasteiger partial charge on any atom is -0.327 e. The van der Waals surface area contributed by atoms with E-state index in [4.69, 9.17) is 16.9 Å². The number of hydrogen-bond donors (Lipinski definition) is 0. The van der Waals surface area contributed by atoms with Gasteiger partial charge in [0, 0.05) is 35.5 Å². The minimum atomic E-state index is -4.40. The van der Waals surface area contributed by atoms with Crippen molar-refractivity contribution in [2.45, 2.75) is 26.6 Å². The van der Waals surface area contributed by atoms with Crippen molar-refractivity contribution in [2.75, 3.05) is 0 Å². The fourth-order valence-corrected chi connectivity index (χ4v) is 3.27. The highest BCUT2D eigenvalue weighted by atomic mass is 35.5. The maximum absolute atomic E-state index is 13.1. The molecule has 0 aliphatic rings. The number of nitriles is 1. The molecule has 0 aliphatic carbocycles. The summed E-state index contributed by atoms with van der Waals surface area (Å²) in [5.74, 6) is 0. The third kappa shape index (κ3) is 3.99. The van der Waals surface area contributed by atoms with Gasteiger partial charge in [-0.25, -0.2) is 4.98 Å². The molecule has 2 heterocycles. The Bertz CT molecular complexity index is 1090. The van der Waals surface area contributed by atoms with Gasteiger partial charge in [-0.3, -0.25) is 0 Å². The number of fused-ring (bicyclic) bond motifs is 1. The second kappa shape index (κ2) is 7.09. The molecule has 3 rings (SSSR count). The van der Waals surface area contributed by atoms with Gasteiger partial charge in [-0.1, -0.05) is 23.2 Å². The number of alkyl halides is 3. The number of benzene rings is 1. The number of halogens is 4. The monoisotopic (exact) mass is 389 g/mol. The number of hydrogen-bond acceptors (Lipinski definition) is 2. The van der Waals surface area contributed by atoms with Gasteiger partial charge in [-0.05, 0) is 43.7 Å². The van der Waals surface area contributed by atoms with Crippen LogP contribution in [0.15, 0.2) is 42.2 Å². The molecule has 1 aromatic carbocycles. The van der Waals surface area contributed by atoms with E-state index < -0.39 is 11.7 Å². The van der Waals surface area contributed by atoms with E-state index in [1.807, 2.05) is 0 Å². The van der Waals surface area contributed by atoms with Gasteiger partial charge in [-0.15, -0.1) is 0 Å². The van der Waals surface area contributed by atoms with Gasteiger partial charge in [-0.2, -0.15) is 18.4 Å². The average molecular weight is 390 g/mol. The fraction of sp³-hybridized carbons (Fsp3) is 0.200. The quantitative estimate of drug-likeness (QED) is 0.516. The van der Waals surface area contributed by atoms with Gasteiger partial charge in [0.25, 0.3) is 0 Å². The maximum atomic E-state index is 13.1. The Morgan fingerprint density at radius 1 is 1.33 bits per heavy atom. The van der Waals surface area contributed by atoms with E-state index in [1.54, 1.807) is 49.0 Å². The molecule has 0 fully saturated rings. The molecule has 2 aromatic heterocycles. The molecule has 0 radical (unpaired) electrons. The van der Waals surface area contributed by atoms with Crippen molar-refractivity contribution in [2.24, 2.45) is 0 Å². The molecule has 0 saturated heterocycles. The fourth-order valence-electron chi connectivity index (χ4n) is 3.02. The molecule has 0 bridgehead atoms. The first kappa shape index (κ1) is 19.0. The van der Waals surface area contributed by atoms with Gasteiger partial charge in [0.05, 0.1) is 16.7 Å². The summed E-state index contributed by atoms with van der Waals surface area (Å²) < 4.78 is 41.1. The summed E-state index contributed by atoms with van der Waals surface area (Å²) in [7, 11) is 0. The zero-order chi connectivity index (χ0) is 19.8. The molecule has 27 heavy (non-hydrogen) atoms. The Balaban J connectivity index is 2.13. The number of aryl methyl sites for hydroxylation is 1. The standard InChI is InChI=1S/C20H15ClF3N3/c1-12-5-14(8-16(7-12)20(22,23)24)10-27-11-15(6-13(2)9-25)18-17(21)3-4-26-19(18)27/h3-8,11H,10H2,1-2H3/b13-6-. The molecule has 0 saturated carbocycles. The van der Waals surface area contributed by atoms with Gasteiger partial charge in [0.1, 0.15) is 5.65 Å². The van der Waals surface area contributed by atoms with E-state index in [1.165, 1.54) is 0 Å². The van der Waals surface area contributed by atoms with Crippen molar-refractivity contribution in [1.29, 1.82) is 5.26 Å². The predicted molar refractivity (Wildman–Crippen MR) is 99.3 cm³/mol. The van der Waals surface area contributed by atoms with Crippen LogP contribution in [0.5, 0.6) is 0 Å². The zero-order valence-electron chi connectivity index (χ0n) is 14.6. The predicted octanol–water partition coefficient (Wildman–Crippen LogP) is 5.99. The second-order valence-corrected chi connectivity index (χ2v) is 6.76. The lowest BCUT2D eigenvalue weighted by atomic mass is 10.1. The van der Waals surface area contributed by atoms with Crippen LogP contribution < -0.4 is 0 Å². The SMILES string of the molecule is C/C(C#N)=C/c1cn(Cc2cc(C)cc(C(F)(F)F)c2)c2nccc(Cl)c12. The lowest BCUT2D eigenvalue weighted by Gasteiger charge is -2.11. The summed E-state index contributed by atoms with van der Waals surface area (Å²) in [5, 5.41) is 10.2. The van der Waals surface area contributed by atoms with E-state index in [9.17, 15) is 13.2 Å². The molecule has 0 N–H and O–H groups in total. The highest BCUT2D eigenvalue weighted by molar-refractivity contribution is 6.35. The van der Waals surface area contributed by atoms with Gasteiger partial charge >= 0.3 is 6.18 Å². The molecule has 0 unspecified atom stereocenters. The van der Waals surface area contributed by atoms with E-state index in [0.29, 0.717) is 38.3 Å². The third-order valence-corrected chi connectivity index (χ3v) is 4.42. The number of allylic oxidation sites excluding steroid dienone is 1. The Labute approximate surface area is 159 Å². The van der Waals surface area contributed by atoms with E-state index in [0.717, 1.165) is 12.1 Å². The topological polar surface area (TPSA) is 41.6 Å². The number of rotatable bonds is 3. The summed E-state index contributed by atoms with van der Waals surface area (Å²) in [6.45, 7) is 3.50. The molecule has 3 aromatic rings. The Morgan fingerprint density at radius 3 is 2.74 bits per heavy atom. The molecule has 0 atom stereocenters. The average Bonchev–Trinajstić information content (AvgIpc) is 2.92. The van der Waals surface area contributed by atoms with Gasteiger partial charge in [0.15, 0.2) is 0 Å². The van der Waals surface area contributed by atoms with Crippen LogP contribution in [-0.2, 0) is 12.7 Å². The zero-order valence-corrected chi connectivity index (χ0v) is 15.4. The summed E-state index contributed by atoms with van der Waals surface area (Å²) in [4.78, 5) is 4.33. The first-order valence-corrected chi connectivity index (χ1v) is 8.46. The highest BCUT2D eigenvalue weighted by Gasteiger charge is 2.30. The van der Waals surface area contributed by atoms with Crippen molar-refractivity contribution < 1.29 is 13.2 Å². The lowest BCUT2D eigenvalue weighted by Crippen LogP contribution is -2.07. The van der Waals surface area contributed by atoms with E-state index in [2.05, 4.69) is 11.1 Å². The summed E-state index contributed by atoms with van der Waals surface area (Å²) in [6.07, 6.45) is 0.575. The summed E-state index contributed by atoms with van der Waals surface area (Å²) >= 11 is 6.30. The summed E-state index contributed by atoms with van der Waals surface area (Å²) in [5.41, 5.74) is 2.10. The van der Waals surface area contributed by atoms with Crippen LogP contribution in [0.4, 0.5) is 13.2 Å². The Morgan fingerprint density at radius 2 is 2.07 bits per heavy atom. The first-order chi connectivity index (χ1) is 12.7. The molecule has 0 aliphatic heterocycles. The van der Waals surface area contributed by atoms with Crippen LogP contribution in [0.3, 0.4) is 0 Å². The highest BCUT2D eigenvalue weighted by Crippen LogP contribution is 2.32. The number of aromatic nitrogens is 2. The second-order valence-electron chi connectivity index (χ2n) is 6.35. The van der Waals surface area contributed by atoms with Crippen molar-refractivity contribution in [3.05, 3.63) is 69.5 Å². The van der Waals surface area contributed by atoms with E-state index in [-0.39, 0.29) is 6.54 Å². The molecule has 7 heteroatoms. The van der Waals surface area contributed by atoms with Crippen LogP contribution in [0.25, 0.3) is 17.1 Å². The minimum absolute atomic E-state index is 0.202. The normalized spacial score (nSPS) is 12.4. The molecule has 0 amide bonds. The molecule has 3 nitrogen and oxygen atoms in total. The molecular weight excluding hydrogens is 375 g/mol. The largest absolute Gasteiger partial charge is 0.416 e. The molecule has 138 valence electrons. The smallest absolute Gasteiger partial charge is 0.327 e. The van der Waals surface area contributed by atoms with Crippen LogP contribution in [0.2, 0.25) is 5.02 Å². The third-order valence-electron chi connectivity index (χ3n) is 4.10. The van der Waals surface area contributed by atoms with Crippen molar-refractivity contribution >= 4 is 28.7 Å². The van der Waals surface area contributed by atoms with Crippen LogP contribution >= 0.6 is 11.6 Å². The van der Waals surface area contributed by atoms with Crippen LogP contribution in [0, 0.1) is 18.3 Å². The van der Waals surface area contributed by atoms with E-state index >= 15 is 0 Å². The molecule has 0 spiro atoms.